The molecule has 3 heterocycles. The Labute approximate surface area is 168 Å². The molecule has 1 aromatic rings. The Balaban J connectivity index is 1.69. The number of nitrogens with zero attached hydrogens (tertiary/aromatic N) is 5. The number of urea groups is 1. The normalized spacial score (nSPS) is 23.8. The molecule has 0 spiro atoms. The molecule has 3 aliphatic rings. The molecule has 0 radical (unpaired) electrons. The van der Waals surface area contributed by atoms with Gasteiger partial charge in [0, 0.05) is 30.7 Å². The number of hydrogen-bond donors (Lipinski definition) is 0. The molecule has 2 unspecified atom stereocenters. The summed E-state index contributed by atoms with van der Waals surface area (Å²) in [6.45, 7) is 6.73. The molecule has 154 valence electrons. The van der Waals surface area contributed by atoms with Crippen molar-refractivity contribution < 1.29 is 18.7 Å². The van der Waals surface area contributed by atoms with Crippen LogP contribution in [0.5, 0.6) is 0 Å². The van der Waals surface area contributed by atoms with Crippen molar-refractivity contribution in [1.82, 2.24) is 14.7 Å². The van der Waals surface area contributed by atoms with Crippen LogP contribution in [0.4, 0.5) is 14.9 Å². The zero-order valence-electron chi connectivity index (χ0n) is 16.9. The van der Waals surface area contributed by atoms with Crippen molar-refractivity contribution in [3.05, 3.63) is 41.5 Å². The Hall–Kier alpha value is -2.94. The van der Waals surface area contributed by atoms with Gasteiger partial charge in [-0.15, -0.1) is 0 Å². The summed E-state index contributed by atoms with van der Waals surface area (Å²) in [5.74, 6) is -0.0402. The van der Waals surface area contributed by atoms with Crippen molar-refractivity contribution in [3.63, 3.8) is 0 Å². The number of ether oxygens (including phenoxy) is 1. The summed E-state index contributed by atoms with van der Waals surface area (Å²) in [7, 11) is 1.65. The number of guanidine groups is 1. The van der Waals surface area contributed by atoms with Gasteiger partial charge in [0.15, 0.2) is 12.2 Å². The Morgan fingerprint density at radius 2 is 1.83 bits per heavy atom. The third kappa shape index (κ3) is 2.88. The molecule has 3 amide bonds. The topological polar surface area (TPSA) is 68.7 Å². The maximum Gasteiger partial charge on any atom is 0.328 e. The van der Waals surface area contributed by atoms with Gasteiger partial charge in [0.1, 0.15) is 5.82 Å². The van der Waals surface area contributed by atoms with E-state index < -0.39 is 12.2 Å². The summed E-state index contributed by atoms with van der Waals surface area (Å²) < 4.78 is 18.7. The molecule has 4 rings (SSSR count). The van der Waals surface area contributed by atoms with E-state index in [1.165, 1.54) is 21.9 Å². The number of carbonyl (C=O) groups excluding carboxylic acids is 2. The maximum atomic E-state index is 13.4. The first kappa shape index (κ1) is 19.4. The van der Waals surface area contributed by atoms with Gasteiger partial charge in [-0.2, -0.15) is 0 Å². The minimum absolute atomic E-state index is 0.200. The zero-order valence-corrected chi connectivity index (χ0v) is 16.9. The van der Waals surface area contributed by atoms with Gasteiger partial charge >= 0.3 is 6.03 Å². The number of anilines is 1. The van der Waals surface area contributed by atoms with Gasteiger partial charge < -0.3 is 9.64 Å². The third-order valence-corrected chi connectivity index (χ3v) is 5.64. The van der Waals surface area contributed by atoms with Crippen LogP contribution in [0, 0.1) is 5.82 Å². The molecule has 3 aliphatic heterocycles. The lowest BCUT2D eigenvalue weighted by atomic mass is 10.1. The van der Waals surface area contributed by atoms with Crippen LogP contribution in [0.15, 0.2) is 40.7 Å². The third-order valence-electron chi connectivity index (χ3n) is 5.64. The highest BCUT2D eigenvalue weighted by Gasteiger charge is 2.55. The van der Waals surface area contributed by atoms with E-state index in [4.69, 9.17) is 9.73 Å². The standard InChI is InChI=1S/C20H24FN5O3/c1-5-29-11-10-24-18(27)16-17(23(4)20(24)28)22-19-25(12(2)13(3)26(16)19)15-8-6-14(21)7-9-15/h6-9,16-17H,5,10-11H2,1-4H3. The molecule has 0 aromatic heterocycles. The number of halogens is 1. The zero-order chi connectivity index (χ0) is 20.9. The highest BCUT2D eigenvalue weighted by molar-refractivity contribution is 6.10. The minimum atomic E-state index is -0.630. The van der Waals surface area contributed by atoms with E-state index in [0.29, 0.717) is 19.2 Å². The molecule has 0 bridgehead atoms. The lowest BCUT2D eigenvalue weighted by Gasteiger charge is -2.40. The van der Waals surface area contributed by atoms with E-state index in [9.17, 15) is 14.0 Å². The number of aliphatic imine (C=N–C) groups is 1. The molecule has 29 heavy (non-hydrogen) atoms. The minimum Gasteiger partial charge on any atom is -0.380 e. The quantitative estimate of drug-likeness (QED) is 0.708. The van der Waals surface area contributed by atoms with Crippen molar-refractivity contribution in [2.75, 3.05) is 31.7 Å². The maximum absolute atomic E-state index is 13.4. The van der Waals surface area contributed by atoms with Crippen molar-refractivity contribution >= 4 is 23.6 Å². The predicted octanol–water partition coefficient (Wildman–Crippen LogP) is 2.19. The molecule has 0 aliphatic carbocycles. The highest BCUT2D eigenvalue weighted by Crippen LogP contribution is 2.39. The molecule has 1 aromatic carbocycles. The molecule has 0 N–H and O–H groups in total. The number of likely N-dealkylation sites (N-methyl/N-ethyl adjacent to an activating group) is 1. The second-order valence-electron chi connectivity index (χ2n) is 7.22. The fraction of sp³-hybridized carbons (Fsp3) is 0.450. The first-order chi connectivity index (χ1) is 13.9. The second kappa shape index (κ2) is 7.14. The van der Waals surface area contributed by atoms with Crippen molar-refractivity contribution in [3.8, 4) is 0 Å². The second-order valence-corrected chi connectivity index (χ2v) is 7.22. The van der Waals surface area contributed by atoms with Crippen LogP contribution in [-0.4, -0.2) is 71.6 Å². The molecule has 1 fully saturated rings. The van der Waals surface area contributed by atoms with Gasteiger partial charge in [-0.25, -0.2) is 14.2 Å². The van der Waals surface area contributed by atoms with E-state index in [1.54, 1.807) is 19.2 Å². The summed E-state index contributed by atoms with van der Waals surface area (Å²) >= 11 is 0. The van der Waals surface area contributed by atoms with Crippen LogP contribution < -0.4 is 4.90 Å². The lowest BCUT2D eigenvalue weighted by Crippen LogP contribution is -2.65. The molecule has 1 saturated heterocycles. The van der Waals surface area contributed by atoms with Gasteiger partial charge in [-0.05, 0) is 45.0 Å². The number of imide groups is 1. The van der Waals surface area contributed by atoms with Crippen molar-refractivity contribution in [1.29, 1.82) is 0 Å². The van der Waals surface area contributed by atoms with Crippen molar-refractivity contribution in [2.45, 2.75) is 33.0 Å². The van der Waals surface area contributed by atoms with Crippen LogP contribution in [-0.2, 0) is 9.53 Å². The van der Waals surface area contributed by atoms with Crippen LogP contribution in [0.1, 0.15) is 20.8 Å². The fourth-order valence-electron chi connectivity index (χ4n) is 4.02. The molecule has 9 heteroatoms. The van der Waals surface area contributed by atoms with Gasteiger partial charge in [0.25, 0.3) is 5.91 Å². The van der Waals surface area contributed by atoms with Gasteiger partial charge in [-0.1, -0.05) is 0 Å². The lowest BCUT2D eigenvalue weighted by molar-refractivity contribution is -0.137. The number of hydrogen-bond acceptors (Lipinski definition) is 6. The predicted molar refractivity (Wildman–Crippen MR) is 105 cm³/mol. The first-order valence-electron chi connectivity index (χ1n) is 9.63. The van der Waals surface area contributed by atoms with E-state index >= 15 is 0 Å². The molecule has 2 atom stereocenters. The Morgan fingerprint density at radius 1 is 1.14 bits per heavy atom. The molecule has 0 saturated carbocycles. The van der Waals surface area contributed by atoms with Crippen LogP contribution in [0.3, 0.4) is 0 Å². The summed E-state index contributed by atoms with van der Waals surface area (Å²) in [6.07, 6.45) is -0.612. The summed E-state index contributed by atoms with van der Waals surface area (Å²) in [6, 6.07) is 5.11. The van der Waals surface area contributed by atoms with Crippen LogP contribution in [0.25, 0.3) is 0 Å². The van der Waals surface area contributed by atoms with Gasteiger partial charge in [-0.3, -0.25) is 19.5 Å². The van der Waals surface area contributed by atoms with E-state index in [1.807, 2.05) is 30.6 Å². The monoisotopic (exact) mass is 401 g/mol. The van der Waals surface area contributed by atoms with Crippen molar-refractivity contribution in [2.24, 2.45) is 4.99 Å². The number of fused-ring (bicyclic) bond motifs is 3. The summed E-state index contributed by atoms with van der Waals surface area (Å²) in [5, 5.41) is 0. The average molecular weight is 401 g/mol. The van der Waals surface area contributed by atoms with Crippen LogP contribution in [0.2, 0.25) is 0 Å². The Kier molecular flexibility index (Phi) is 4.77. The fourth-order valence-corrected chi connectivity index (χ4v) is 4.02. The van der Waals surface area contributed by atoms with Gasteiger partial charge in [0.05, 0.1) is 13.2 Å². The number of carbonyl (C=O) groups is 2. The molecule has 8 nitrogen and oxygen atoms in total. The van der Waals surface area contributed by atoms with Gasteiger partial charge in [0.2, 0.25) is 5.96 Å². The largest absolute Gasteiger partial charge is 0.380 e. The van der Waals surface area contributed by atoms with E-state index in [-0.39, 0.29) is 24.3 Å². The highest BCUT2D eigenvalue weighted by atomic mass is 19.1. The first-order valence-corrected chi connectivity index (χ1v) is 9.63. The SMILES string of the molecule is CCOCCN1C(=O)C2C(N=C3N(c4ccc(F)cc4)C(C)=C(C)N32)N(C)C1=O. The molecular weight excluding hydrogens is 377 g/mol. The average Bonchev–Trinajstić information content (AvgIpc) is 3.20. The summed E-state index contributed by atoms with van der Waals surface area (Å²) in [4.78, 5) is 37.2. The van der Waals surface area contributed by atoms with E-state index in [2.05, 4.69) is 0 Å². The smallest absolute Gasteiger partial charge is 0.328 e. The number of rotatable bonds is 5. The number of amides is 3. The number of allylic oxidation sites excluding steroid dienone is 2. The van der Waals surface area contributed by atoms with Crippen LogP contribution >= 0.6 is 0 Å². The number of benzene rings is 1. The Morgan fingerprint density at radius 3 is 2.48 bits per heavy atom. The van der Waals surface area contributed by atoms with E-state index in [0.717, 1.165) is 17.1 Å². The summed E-state index contributed by atoms with van der Waals surface area (Å²) in [5.41, 5.74) is 2.53. The Bertz CT molecular complexity index is 913. The molecular formula is C20H24FN5O3.